The molecule has 0 spiro atoms. The van der Waals surface area contributed by atoms with E-state index in [1.165, 1.54) is 7.11 Å². The Balaban J connectivity index is 2.69. The van der Waals surface area contributed by atoms with E-state index in [-0.39, 0.29) is 0 Å². The second kappa shape index (κ2) is 6.13. The molecule has 4 heteroatoms. The summed E-state index contributed by atoms with van der Waals surface area (Å²) in [6.07, 6.45) is 0.843. The van der Waals surface area contributed by atoms with Crippen molar-refractivity contribution in [3.05, 3.63) is 23.8 Å². The van der Waals surface area contributed by atoms with Gasteiger partial charge in [0.2, 0.25) is 0 Å². The van der Waals surface area contributed by atoms with Crippen LogP contribution in [-0.4, -0.2) is 19.7 Å². The number of rotatable bonds is 5. The van der Waals surface area contributed by atoms with Crippen LogP contribution in [0.2, 0.25) is 0 Å². The zero-order valence-electron chi connectivity index (χ0n) is 10.5. The van der Waals surface area contributed by atoms with Crippen molar-refractivity contribution in [1.29, 1.82) is 0 Å². The monoisotopic (exact) mass is 237 g/mol. The number of benzene rings is 1. The van der Waals surface area contributed by atoms with Crippen LogP contribution in [0, 0.1) is 5.92 Å². The van der Waals surface area contributed by atoms with Gasteiger partial charge in [-0.05, 0) is 24.5 Å². The van der Waals surface area contributed by atoms with E-state index in [1.54, 1.807) is 18.2 Å². The Kier molecular flexibility index (Phi) is 4.82. The highest BCUT2D eigenvalue weighted by molar-refractivity contribution is 5.96. The summed E-state index contributed by atoms with van der Waals surface area (Å²) in [6, 6.07) is 5.06. The molecule has 0 saturated heterocycles. The van der Waals surface area contributed by atoms with E-state index in [0.29, 0.717) is 29.5 Å². The van der Waals surface area contributed by atoms with Crippen molar-refractivity contribution in [3.8, 4) is 5.75 Å². The van der Waals surface area contributed by atoms with Crippen molar-refractivity contribution < 1.29 is 14.3 Å². The van der Waals surface area contributed by atoms with Crippen LogP contribution in [0.4, 0.5) is 5.69 Å². The van der Waals surface area contributed by atoms with Gasteiger partial charge in [0.05, 0.1) is 25.0 Å². The Morgan fingerprint density at radius 2 is 2.12 bits per heavy atom. The van der Waals surface area contributed by atoms with Gasteiger partial charge in [-0.3, -0.25) is 0 Å². The van der Waals surface area contributed by atoms with Crippen molar-refractivity contribution >= 4 is 11.7 Å². The molecule has 1 aromatic carbocycles. The first-order chi connectivity index (χ1) is 8.06. The third kappa shape index (κ3) is 3.66. The van der Waals surface area contributed by atoms with Crippen LogP contribution < -0.4 is 10.5 Å². The van der Waals surface area contributed by atoms with Gasteiger partial charge in [-0.25, -0.2) is 4.79 Å². The highest BCUT2D eigenvalue weighted by Crippen LogP contribution is 2.25. The summed E-state index contributed by atoms with van der Waals surface area (Å²) < 4.78 is 10.2. The molecule has 17 heavy (non-hydrogen) atoms. The summed E-state index contributed by atoms with van der Waals surface area (Å²) in [4.78, 5) is 11.8. The molecule has 1 aromatic rings. The van der Waals surface area contributed by atoms with Gasteiger partial charge in [-0.2, -0.15) is 0 Å². The second-order valence-corrected chi connectivity index (χ2v) is 4.24. The first kappa shape index (κ1) is 13.4. The molecule has 0 bridgehead atoms. The molecule has 0 aromatic heterocycles. The van der Waals surface area contributed by atoms with Gasteiger partial charge in [-0.1, -0.05) is 19.9 Å². The van der Waals surface area contributed by atoms with Crippen molar-refractivity contribution in [1.82, 2.24) is 0 Å². The van der Waals surface area contributed by atoms with Gasteiger partial charge in [0, 0.05) is 0 Å². The topological polar surface area (TPSA) is 61.5 Å². The van der Waals surface area contributed by atoms with Gasteiger partial charge in [0.15, 0.2) is 0 Å². The molecular weight excluding hydrogens is 218 g/mol. The first-order valence-corrected chi connectivity index (χ1v) is 5.65. The lowest BCUT2D eigenvalue weighted by Crippen LogP contribution is -2.11. The number of hydrogen-bond donors (Lipinski definition) is 1. The summed E-state index contributed by atoms with van der Waals surface area (Å²) in [5, 5.41) is 0. The minimum absolute atomic E-state index is 0.324. The van der Waals surface area contributed by atoms with E-state index in [0.717, 1.165) is 6.42 Å². The molecule has 0 unspecified atom stereocenters. The number of nitrogens with two attached hydrogens (primary N) is 1. The Bertz CT molecular complexity index is 388. The van der Waals surface area contributed by atoms with Crippen molar-refractivity contribution in [2.45, 2.75) is 20.3 Å². The smallest absolute Gasteiger partial charge is 0.340 e. The Hall–Kier alpha value is -1.71. The molecule has 0 aliphatic heterocycles. The molecule has 0 saturated carbocycles. The van der Waals surface area contributed by atoms with Gasteiger partial charge in [0.25, 0.3) is 0 Å². The Morgan fingerprint density at radius 3 is 2.71 bits per heavy atom. The molecule has 0 aliphatic carbocycles. The van der Waals surface area contributed by atoms with Gasteiger partial charge in [-0.15, -0.1) is 0 Å². The molecule has 0 radical (unpaired) electrons. The Labute approximate surface area is 102 Å². The van der Waals surface area contributed by atoms with Crippen LogP contribution in [0.5, 0.6) is 5.75 Å². The lowest BCUT2D eigenvalue weighted by atomic mass is 10.1. The number of carbonyl (C=O) groups excluding carboxylic acids is 1. The second-order valence-electron chi connectivity index (χ2n) is 4.24. The van der Waals surface area contributed by atoms with E-state index in [1.807, 2.05) is 0 Å². The van der Waals surface area contributed by atoms with Gasteiger partial charge >= 0.3 is 5.97 Å². The third-order valence-corrected chi connectivity index (χ3v) is 2.43. The number of para-hydroxylation sites is 1. The number of anilines is 1. The fraction of sp³-hybridized carbons (Fsp3) is 0.462. The molecule has 0 atom stereocenters. The lowest BCUT2D eigenvalue weighted by molar-refractivity contribution is 0.0489. The fourth-order valence-electron chi connectivity index (χ4n) is 1.37. The summed E-state index contributed by atoms with van der Waals surface area (Å²) in [5.74, 6) is 0.593. The van der Waals surface area contributed by atoms with Crippen LogP contribution in [0.15, 0.2) is 18.2 Å². The highest BCUT2D eigenvalue weighted by atomic mass is 16.5. The molecular formula is C13H19NO3. The van der Waals surface area contributed by atoms with Crippen molar-refractivity contribution in [2.75, 3.05) is 19.5 Å². The highest BCUT2D eigenvalue weighted by Gasteiger charge is 2.14. The van der Waals surface area contributed by atoms with E-state index >= 15 is 0 Å². The standard InChI is InChI=1S/C13H19NO3/c1-9(2)7-8-17-13(15)10-5-4-6-11(16-3)12(10)14/h4-6,9H,7-8,14H2,1-3H3. The molecule has 0 heterocycles. The summed E-state index contributed by atoms with van der Waals surface area (Å²) in [6.45, 7) is 4.56. The zero-order valence-corrected chi connectivity index (χ0v) is 10.5. The Morgan fingerprint density at radius 1 is 1.41 bits per heavy atom. The fourth-order valence-corrected chi connectivity index (χ4v) is 1.37. The number of ether oxygens (including phenoxy) is 2. The normalized spacial score (nSPS) is 10.4. The third-order valence-electron chi connectivity index (χ3n) is 2.43. The van der Waals surface area contributed by atoms with Crippen molar-refractivity contribution in [2.24, 2.45) is 5.92 Å². The maximum atomic E-state index is 11.8. The molecule has 0 amide bonds. The van der Waals surface area contributed by atoms with Crippen molar-refractivity contribution in [3.63, 3.8) is 0 Å². The van der Waals surface area contributed by atoms with Crippen LogP contribution >= 0.6 is 0 Å². The number of nitrogen functional groups attached to an aromatic ring is 1. The average Bonchev–Trinajstić information content (AvgIpc) is 2.28. The quantitative estimate of drug-likeness (QED) is 0.631. The van der Waals surface area contributed by atoms with Crippen LogP contribution in [0.3, 0.4) is 0 Å². The largest absolute Gasteiger partial charge is 0.495 e. The maximum Gasteiger partial charge on any atom is 0.340 e. The first-order valence-electron chi connectivity index (χ1n) is 5.65. The van der Waals surface area contributed by atoms with E-state index in [4.69, 9.17) is 15.2 Å². The zero-order chi connectivity index (χ0) is 12.8. The van der Waals surface area contributed by atoms with Gasteiger partial charge < -0.3 is 15.2 Å². The summed E-state index contributed by atoms with van der Waals surface area (Å²) in [5.41, 5.74) is 6.48. The summed E-state index contributed by atoms with van der Waals surface area (Å²) >= 11 is 0. The maximum absolute atomic E-state index is 11.8. The van der Waals surface area contributed by atoms with Gasteiger partial charge in [0.1, 0.15) is 5.75 Å². The predicted molar refractivity (Wildman–Crippen MR) is 67.1 cm³/mol. The molecule has 0 fully saturated rings. The number of methoxy groups -OCH3 is 1. The van der Waals surface area contributed by atoms with E-state index in [9.17, 15) is 4.79 Å². The van der Waals surface area contributed by atoms with E-state index < -0.39 is 5.97 Å². The lowest BCUT2D eigenvalue weighted by Gasteiger charge is -2.10. The average molecular weight is 237 g/mol. The van der Waals surface area contributed by atoms with E-state index in [2.05, 4.69) is 13.8 Å². The molecule has 2 N–H and O–H groups in total. The number of carbonyl (C=O) groups is 1. The summed E-state index contributed by atoms with van der Waals surface area (Å²) in [7, 11) is 1.51. The minimum Gasteiger partial charge on any atom is -0.495 e. The predicted octanol–water partition coefficient (Wildman–Crippen LogP) is 2.48. The molecule has 4 nitrogen and oxygen atoms in total. The van der Waals surface area contributed by atoms with Crippen LogP contribution in [-0.2, 0) is 4.74 Å². The van der Waals surface area contributed by atoms with Crippen LogP contribution in [0.25, 0.3) is 0 Å². The number of esters is 1. The molecule has 0 aliphatic rings. The number of hydrogen-bond acceptors (Lipinski definition) is 4. The minimum atomic E-state index is -0.401. The molecule has 1 rings (SSSR count). The molecule has 94 valence electrons. The van der Waals surface area contributed by atoms with Crippen LogP contribution in [0.1, 0.15) is 30.6 Å². The SMILES string of the molecule is COc1cccc(C(=O)OCCC(C)C)c1N.